The average Bonchev–Trinajstić information content (AvgIpc) is 2.66. The molecule has 0 aliphatic rings. The van der Waals surface area contributed by atoms with Crippen molar-refractivity contribution < 1.29 is 9.18 Å². The molecule has 2 N–H and O–H groups in total. The summed E-state index contributed by atoms with van der Waals surface area (Å²) < 4.78 is 13.8. The number of nitrogens with one attached hydrogen (secondary N) is 2. The Morgan fingerprint density at radius 1 is 1.50 bits per heavy atom. The van der Waals surface area contributed by atoms with E-state index in [2.05, 4.69) is 10.3 Å². The highest BCUT2D eigenvalue weighted by Gasteiger charge is 2.19. The van der Waals surface area contributed by atoms with Crippen LogP contribution in [0, 0.1) is 12.7 Å². The number of halogens is 1. The van der Waals surface area contributed by atoms with E-state index in [0.29, 0.717) is 22.2 Å². The monoisotopic (exact) mass is 248 g/mol. The molecule has 0 spiro atoms. The van der Waals surface area contributed by atoms with E-state index in [1.165, 1.54) is 6.07 Å². The molecule has 2 rings (SSSR count). The van der Waals surface area contributed by atoms with Crippen molar-refractivity contribution in [2.45, 2.75) is 33.2 Å². The van der Waals surface area contributed by atoms with Crippen molar-refractivity contribution in [3.05, 3.63) is 35.3 Å². The molecule has 1 aromatic heterocycles. The van der Waals surface area contributed by atoms with Gasteiger partial charge >= 0.3 is 0 Å². The lowest BCUT2D eigenvalue weighted by Crippen LogP contribution is -2.32. The summed E-state index contributed by atoms with van der Waals surface area (Å²) in [4.78, 5) is 15.2. The van der Waals surface area contributed by atoms with Crippen molar-refractivity contribution in [1.82, 2.24) is 10.3 Å². The molecular formula is C14H17FN2O. The maximum absolute atomic E-state index is 13.8. The van der Waals surface area contributed by atoms with Gasteiger partial charge in [0.25, 0.3) is 5.91 Å². The Hall–Kier alpha value is -1.84. The molecule has 1 heterocycles. The summed E-state index contributed by atoms with van der Waals surface area (Å²) >= 11 is 0. The molecule has 0 saturated heterocycles. The minimum Gasteiger partial charge on any atom is -0.358 e. The lowest BCUT2D eigenvalue weighted by Gasteiger charge is -2.11. The fourth-order valence-electron chi connectivity index (χ4n) is 2.02. The van der Waals surface area contributed by atoms with Crippen molar-refractivity contribution in [2.75, 3.05) is 0 Å². The first-order valence-electron chi connectivity index (χ1n) is 6.12. The van der Waals surface area contributed by atoms with E-state index in [1.54, 1.807) is 19.1 Å². The van der Waals surface area contributed by atoms with Gasteiger partial charge in [-0.15, -0.1) is 0 Å². The highest BCUT2D eigenvalue weighted by atomic mass is 19.1. The first-order valence-corrected chi connectivity index (χ1v) is 6.12. The van der Waals surface area contributed by atoms with Crippen LogP contribution in [-0.2, 0) is 0 Å². The third-order valence-corrected chi connectivity index (χ3v) is 3.18. The van der Waals surface area contributed by atoms with E-state index in [4.69, 9.17) is 0 Å². The zero-order chi connectivity index (χ0) is 13.3. The van der Waals surface area contributed by atoms with Crippen LogP contribution in [0.2, 0.25) is 0 Å². The number of carbonyl (C=O) groups is 1. The summed E-state index contributed by atoms with van der Waals surface area (Å²) in [5.74, 6) is -0.593. The molecule has 18 heavy (non-hydrogen) atoms. The van der Waals surface area contributed by atoms with Gasteiger partial charge in [-0.2, -0.15) is 0 Å². The highest BCUT2D eigenvalue weighted by Crippen LogP contribution is 2.24. The van der Waals surface area contributed by atoms with Gasteiger partial charge in [0, 0.05) is 22.6 Å². The molecular weight excluding hydrogens is 231 g/mol. The number of hydrogen-bond acceptors (Lipinski definition) is 1. The zero-order valence-electron chi connectivity index (χ0n) is 10.8. The second kappa shape index (κ2) is 4.80. The van der Waals surface area contributed by atoms with Crippen molar-refractivity contribution in [3.8, 4) is 0 Å². The SMILES string of the molecule is CCC(C)NC(=O)c1c(C)[nH]c2cccc(F)c12. The Bertz CT molecular complexity index is 589. The Balaban J connectivity index is 2.50. The molecule has 0 bridgehead atoms. The van der Waals surface area contributed by atoms with Crippen LogP contribution in [0.25, 0.3) is 10.9 Å². The van der Waals surface area contributed by atoms with Crippen molar-refractivity contribution in [3.63, 3.8) is 0 Å². The number of fused-ring (bicyclic) bond motifs is 1. The summed E-state index contributed by atoms with van der Waals surface area (Å²) in [6.07, 6.45) is 0.843. The van der Waals surface area contributed by atoms with E-state index in [0.717, 1.165) is 6.42 Å². The summed E-state index contributed by atoms with van der Waals surface area (Å²) in [7, 11) is 0. The van der Waals surface area contributed by atoms with Crippen LogP contribution in [0.5, 0.6) is 0 Å². The maximum Gasteiger partial charge on any atom is 0.254 e. The van der Waals surface area contributed by atoms with E-state index < -0.39 is 0 Å². The molecule has 1 unspecified atom stereocenters. The van der Waals surface area contributed by atoms with Crippen LogP contribution in [-0.4, -0.2) is 16.9 Å². The number of rotatable bonds is 3. The van der Waals surface area contributed by atoms with Crippen LogP contribution >= 0.6 is 0 Å². The van der Waals surface area contributed by atoms with Gasteiger partial charge in [-0.1, -0.05) is 13.0 Å². The first kappa shape index (κ1) is 12.6. The summed E-state index contributed by atoms with van der Waals surface area (Å²) in [5, 5.41) is 3.24. The van der Waals surface area contributed by atoms with Gasteiger partial charge in [0.2, 0.25) is 0 Å². The van der Waals surface area contributed by atoms with Crippen LogP contribution in [0.1, 0.15) is 36.3 Å². The van der Waals surface area contributed by atoms with Gasteiger partial charge in [-0.25, -0.2) is 4.39 Å². The summed E-state index contributed by atoms with van der Waals surface area (Å²) in [6.45, 7) is 5.71. The Morgan fingerprint density at radius 3 is 2.89 bits per heavy atom. The van der Waals surface area contributed by atoms with Crippen molar-refractivity contribution >= 4 is 16.8 Å². The van der Waals surface area contributed by atoms with Gasteiger partial charge in [-0.3, -0.25) is 4.79 Å². The number of amides is 1. The fraction of sp³-hybridized carbons (Fsp3) is 0.357. The number of aryl methyl sites for hydroxylation is 1. The number of hydrogen-bond donors (Lipinski definition) is 2. The number of aromatic amines is 1. The summed E-state index contributed by atoms with van der Waals surface area (Å²) in [5.41, 5.74) is 1.75. The van der Waals surface area contributed by atoms with Crippen LogP contribution < -0.4 is 5.32 Å². The zero-order valence-corrected chi connectivity index (χ0v) is 10.8. The molecule has 1 atom stereocenters. The standard InChI is InChI=1S/C14H17FN2O/c1-4-8(2)16-14(18)12-9(3)17-11-7-5-6-10(15)13(11)12/h5-8,17H,4H2,1-3H3,(H,16,18). The average molecular weight is 248 g/mol. The van der Waals surface area contributed by atoms with Gasteiger partial charge < -0.3 is 10.3 Å². The molecule has 0 aliphatic carbocycles. The van der Waals surface area contributed by atoms with Crippen LogP contribution in [0.3, 0.4) is 0 Å². The molecule has 0 fully saturated rings. The predicted octanol–water partition coefficient (Wildman–Crippen LogP) is 3.14. The third kappa shape index (κ3) is 2.10. The van der Waals surface area contributed by atoms with Gasteiger partial charge in [0.05, 0.1) is 5.56 Å². The Kier molecular flexibility index (Phi) is 3.36. The minimum absolute atomic E-state index is 0.0774. The fourth-order valence-corrected chi connectivity index (χ4v) is 2.02. The Labute approximate surface area is 105 Å². The van der Waals surface area contributed by atoms with Crippen LogP contribution in [0.4, 0.5) is 4.39 Å². The smallest absolute Gasteiger partial charge is 0.254 e. The summed E-state index contributed by atoms with van der Waals surface area (Å²) in [6, 6.07) is 4.85. The largest absolute Gasteiger partial charge is 0.358 e. The van der Waals surface area contributed by atoms with Crippen LogP contribution in [0.15, 0.2) is 18.2 Å². The van der Waals surface area contributed by atoms with Crippen molar-refractivity contribution in [1.29, 1.82) is 0 Å². The van der Waals surface area contributed by atoms with E-state index in [1.807, 2.05) is 13.8 Å². The molecule has 0 saturated carbocycles. The molecule has 1 aromatic carbocycles. The van der Waals surface area contributed by atoms with E-state index in [-0.39, 0.29) is 17.8 Å². The minimum atomic E-state index is -0.369. The molecule has 4 heteroatoms. The van der Waals surface area contributed by atoms with Gasteiger partial charge in [0.1, 0.15) is 5.82 Å². The third-order valence-electron chi connectivity index (χ3n) is 3.18. The molecule has 0 radical (unpaired) electrons. The topological polar surface area (TPSA) is 44.9 Å². The highest BCUT2D eigenvalue weighted by molar-refractivity contribution is 6.08. The number of benzene rings is 1. The van der Waals surface area contributed by atoms with E-state index >= 15 is 0 Å². The second-order valence-electron chi connectivity index (χ2n) is 4.57. The van der Waals surface area contributed by atoms with E-state index in [9.17, 15) is 9.18 Å². The second-order valence-corrected chi connectivity index (χ2v) is 4.57. The quantitative estimate of drug-likeness (QED) is 0.861. The van der Waals surface area contributed by atoms with Gasteiger partial charge in [0.15, 0.2) is 0 Å². The number of aromatic nitrogens is 1. The molecule has 96 valence electrons. The predicted molar refractivity (Wildman–Crippen MR) is 70.2 cm³/mol. The molecule has 2 aromatic rings. The molecule has 1 amide bonds. The Morgan fingerprint density at radius 2 is 2.22 bits per heavy atom. The number of H-pyrrole nitrogens is 1. The first-order chi connectivity index (χ1) is 8.54. The molecule has 3 nitrogen and oxygen atoms in total. The lowest BCUT2D eigenvalue weighted by molar-refractivity contribution is 0.0940. The van der Waals surface area contributed by atoms with Crippen molar-refractivity contribution in [2.24, 2.45) is 0 Å². The van der Waals surface area contributed by atoms with Gasteiger partial charge in [-0.05, 0) is 32.4 Å². The number of carbonyl (C=O) groups excluding carboxylic acids is 1. The normalized spacial score (nSPS) is 12.7. The maximum atomic E-state index is 13.8. The molecule has 0 aliphatic heterocycles. The lowest BCUT2D eigenvalue weighted by atomic mass is 10.1.